The molecule has 4 N–H and O–H groups in total. The number of nitrogens with two attached hydrogens (primary N) is 1. The molecule has 0 saturated carbocycles. The van der Waals surface area contributed by atoms with Gasteiger partial charge in [0, 0.05) is 69.3 Å². The van der Waals surface area contributed by atoms with Crippen molar-refractivity contribution in [2.75, 3.05) is 83.7 Å². The molecule has 0 aliphatic carbocycles. The van der Waals surface area contributed by atoms with Crippen LogP contribution in [-0.4, -0.2) is 128 Å². The standard InChI is InChI=1S/C23H24N2O5.C13H14N2O2.C10H14O4.C2H4O2.C2H6O/c1-27-20-11-15(12-21(28-2)23(20)30-4)13-24-14-19(26)22(29-3)17-7-5-9-18-16(17)8-6-10-25-18;1-17-13(12(16)8-14)10-4-2-6-11-9(10)5-3-7-15-11;1-11-7-5-8(12-2)10(14-4)9(6-7)13-3;1-2(3)4;1-2-3/h5-13,22H,14H2,1-4H3;2-7,13H,8,14H2,1H3;5-6H,1-4H3;1H3,(H,3,4);3H,2H2,1H3. The summed E-state index contributed by atoms with van der Waals surface area (Å²) in [6.07, 6.45) is 3.69. The molecular weight excluding hydrogens is 881 g/mol. The van der Waals surface area contributed by atoms with E-state index in [1.165, 1.54) is 14.2 Å². The average Bonchev–Trinajstić information content (AvgIpc) is 3.36. The van der Waals surface area contributed by atoms with Crippen molar-refractivity contribution < 1.29 is 67.2 Å². The third-order valence-electron chi connectivity index (χ3n) is 9.23. The van der Waals surface area contributed by atoms with Crippen LogP contribution in [0.2, 0.25) is 0 Å². The molecule has 0 spiro atoms. The molecule has 0 amide bonds. The number of carbonyl (C=O) groups excluding carboxylic acids is 2. The second kappa shape index (κ2) is 30.8. The largest absolute Gasteiger partial charge is 0.496 e. The normalized spacial score (nSPS) is 11.1. The Labute approximate surface area is 396 Å². The maximum atomic E-state index is 12.8. The van der Waals surface area contributed by atoms with E-state index in [4.69, 9.17) is 63.4 Å². The van der Waals surface area contributed by atoms with Gasteiger partial charge in [-0.2, -0.15) is 0 Å². The number of aliphatic hydroxyl groups excluding tert-OH is 1. The smallest absolute Gasteiger partial charge is 0.300 e. The number of aliphatic imine (C=N–C) groups is 1. The third kappa shape index (κ3) is 16.5. The zero-order valence-electron chi connectivity index (χ0n) is 40.3. The van der Waals surface area contributed by atoms with Crippen molar-refractivity contribution >= 4 is 45.6 Å². The molecule has 6 rings (SSSR count). The van der Waals surface area contributed by atoms with E-state index in [2.05, 4.69) is 15.0 Å². The zero-order chi connectivity index (χ0) is 50.6. The number of Topliss-reactive ketones (excluding diaryl/α,β-unsaturated/α-hetero) is 2. The quantitative estimate of drug-likeness (QED) is 0.0788. The summed E-state index contributed by atoms with van der Waals surface area (Å²) in [7, 11) is 13.9. The van der Waals surface area contributed by atoms with Crippen LogP contribution in [0.1, 0.15) is 42.7 Å². The summed E-state index contributed by atoms with van der Waals surface area (Å²) in [4.78, 5) is 46.4. The van der Waals surface area contributed by atoms with Gasteiger partial charge in [-0.15, -0.1) is 0 Å². The predicted octanol–water partition coefficient (Wildman–Crippen LogP) is 6.90. The predicted molar refractivity (Wildman–Crippen MR) is 259 cm³/mol. The molecule has 0 fully saturated rings. The summed E-state index contributed by atoms with van der Waals surface area (Å²) < 4.78 is 47.3. The number of nitrogens with zero attached hydrogens (tertiary/aromatic N) is 3. The lowest BCUT2D eigenvalue weighted by atomic mass is 10.0. The molecule has 2 unspecified atom stereocenters. The van der Waals surface area contributed by atoms with Gasteiger partial charge < -0.3 is 58.6 Å². The lowest BCUT2D eigenvalue weighted by Gasteiger charge is -2.15. The SMILES string of the molecule is CC(=O)O.CCO.COC(C(=O)CN)c1cccc2ncccc12.COc1cc(C=NCC(=O)C(OC)c2cccc3ncccc23)cc(OC)c1OC.COc1cc(OC)c(OC)c(OC)c1. The van der Waals surface area contributed by atoms with E-state index >= 15 is 0 Å². The number of ether oxygens (including phenoxy) is 9. The highest BCUT2D eigenvalue weighted by Crippen LogP contribution is 2.41. The fourth-order valence-corrected chi connectivity index (χ4v) is 6.36. The maximum absolute atomic E-state index is 12.8. The Bertz CT molecular complexity index is 2470. The number of benzene rings is 4. The zero-order valence-corrected chi connectivity index (χ0v) is 40.3. The monoisotopic (exact) mass is 942 g/mol. The summed E-state index contributed by atoms with van der Waals surface area (Å²) in [5, 5.41) is 16.8. The van der Waals surface area contributed by atoms with Gasteiger partial charge in [0.2, 0.25) is 11.5 Å². The Morgan fingerprint density at radius 3 is 1.37 bits per heavy atom. The van der Waals surface area contributed by atoms with Gasteiger partial charge in [0.05, 0.1) is 67.3 Å². The molecule has 2 heterocycles. The Kier molecular flexibility index (Phi) is 25.7. The molecule has 18 heteroatoms. The molecule has 2 aromatic heterocycles. The Morgan fingerprint density at radius 2 is 1.01 bits per heavy atom. The number of aliphatic carboxylic acids is 1. The fourth-order valence-electron chi connectivity index (χ4n) is 6.36. The van der Waals surface area contributed by atoms with Crippen LogP contribution in [0, 0.1) is 0 Å². The minimum atomic E-state index is -0.833. The number of carboxylic acid groups (broad SMARTS) is 1. The van der Waals surface area contributed by atoms with Crippen LogP contribution in [0.15, 0.2) is 102 Å². The van der Waals surface area contributed by atoms with Crippen molar-refractivity contribution in [2.24, 2.45) is 10.7 Å². The molecule has 366 valence electrons. The van der Waals surface area contributed by atoms with Gasteiger partial charge in [0.1, 0.15) is 24.5 Å². The first-order valence-corrected chi connectivity index (χ1v) is 20.7. The number of ketones is 2. The van der Waals surface area contributed by atoms with Crippen molar-refractivity contribution in [3.05, 3.63) is 114 Å². The lowest BCUT2D eigenvalue weighted by Crippen LogP contribution is -2.23. The van der Waals surface area contributed by atoms with E-state index in [9.17, 15) is 9.59 Å². The van der Waals surface area contributed by atoms with Gasteiger partial charge in [0.15, 0.2) is 34.6 Å². The molecule has 0 bridgehead atoms. The second-order valence-electron chi connectivity index (χ2n) is 13.5. The molecule has 0 aliphatic rings. The van der Waals surface area contributed by atoms with Crippen molar-refractivity contribution in [1.82, 2.24) is 9.97 Å². The first-order chi connectivity index (χ1) is 32.8. The molecule has 6 aromatic rings. The van der Waals surface area contributed by atoms with Gasteiger partial charge in [-0.25, -0.2) is 0 Å². The summed E-state index contributed by atoms with van der Waals surface area (Å²) in [6.45, 7) is 2.95. The van der Waals surface area contributed by atoms with E-state index in [0.717, 1.165) is 45.4 Å². The maximum Gasteiger partial charge on any atom is 0.300 e. The Morgan fingerprint density at radius 1 is 0.618 bits per heavy atom. The first kappa shape index (κ1) is 56.7. The average molecular weight is 943 g/mol. The summed E-state index contributed by atoms with van der Waals surface area (Å²) in [5.74, 6) is 2.81. The third-order valence-corrected chi connectivity index (χ3v) is 9.23. The number of carbonyl (C=O) groups is 3. The summed E-state index contributed by atoms with van der Waals surface area (Å²) in [6, 6.07) is 25.8. The van der Waals surface area contributed by atoms with Gasteiger partial charge >= 0.3 is 0 Å². The van der Waals surface area contributed by atoms with E-state index < -0.39 is 18.2 Å². The molecule has 0 aliphatic heterocycles. The number of methoxy groups -OCH3 is 9. The molecule has 4 aromatic carbocycles. The van der Waals surface area contributed by atoms with Crippen molar-refractivity contribution in [2.45, 2.75) is 26.1 Å². The van der Waals surface area contributed by atoms with Crippen LogP contribution in [0.4, 0.5) is 0 Å². The van der Waals surface area contributed by atoms with E-state index in [1.807, 2.05) is 60.7 Å². The number of aromatic nitrogens is 2. The number of pyridine rings is 2. The van der Waals surface area contributed by atoms with Gasteiger partial charge in [0.25, 0.3) is 5.97 Å². The lowest BCUT2D eigenvalue weighted by molar-refractivity contribution is -0.134. The summed E-state index contributed by atoms with van der Waals surface area (Å²) >= 11 is 0. The van der Waals surface area contributed by atoms with Crippen LogP contribution in [0.3, 0.4) is 0 Å². The van der Waals surface area contributed by atoms with Crippen LogP contribution in [-0.2, 0) is 23.9 Å². The number of hydrogen-bond acceptors (Lipinski definition) is 17. The number of carboxylic acids is 1. The van der Waals surface area contributed by atoms with Crippen LogP contribution in [0.5, 0.6) is 40.2 Å². The van der Waals surface area contributed by atoms with E-state index in [1.54, 1.807) is 99.6 Å². The highest BCUT2D eigenvalue weighted by molar-refractivity contribution is 5.94. The highest BCUT2D eigenvalue weighted by atomic mass is 16.5. The molecular formula is C50H62N4O14. The first-order valence-electron chi connectivity index (χ1n) is 20.7. The number of hydrogen-bond donors (Lipinski definition) is 3. The molecule has 0 radical (unpaired) electrons. The minimum absolute atomic E-state index is 0.0326. The van der Waals surface area contributed by atoms with Crippen LogP contribution < -0.4 is 38.9 Å². The van der Waals surface area contributed by atoms with Crippen molar-refractivity contribution in [1.29, 1.82) is 0 Å². The van der Waals surface area contributed by atoms with Gasteiger partial charge in [-0.05, 0) is 60.0 Å². The number of rotatable bonds is 17. The van der Waals surface area contributed by atoms with E-state index in [0.29, 0.717) is 40.2 Å². The highest BCUT2D eigenvalue weighted by Gasteiger charge is 2.23. The van der Waals surface area contributed by atoms with Crippen LogP contribution >= 0.6 is 0 Å². The number of fused-ring (bicyclic) bond motifs is 2. The molecule has 0 saturated heterocycles. The topological polar surface area (TPSA) is 239 Å². The Balaban J connectivity index is 0.000000352. The fraction of sp³-hybridized carbons (Fsp3) is 0.320. The Hall–Kier alpha value is -7.38. The molecule has 2 atom stereocenters. The van der Waals surface area contributed by atoms with Crippen molar-refractivity contribution in [3.63, 3.8) is 0 Å². The van der Waals surface area contributed by atoms with Gasteiger partial charge in [-0.3, -0.25) is 29.3 Å². The molecule has 18 nitrogen and oxygen atoms in total. The molecule has 68 heavy (non-hydrogen) atoms. The van der Waals surface area contributed by atoms with E-state index in [-0.39, 0.29) is 31.3 Å². The minimum Gasteiger partial charge on any atom is -0.496 e. The second-order valence-corrected chi connectivity index (χ2v) is 13.5. The number of aliphatic hydroxyl groups is 1. The summed E-state index contributed by atoms with van der Waals surface area (Å²) in [5.41, 5.74) is 9.35. The van der Waals surface area contributed by atoms with Crippen molar-refractivity contribution in [3.8, 4) is 40.2 Å². The van der Waals surface area contributed by atoms with Crippen LogP contribution in [0.25, 0.3) is 21.8 Å². The van der Waals surface area contributed by atoms with Gasteiger partial charge in [-0.1, -0.05) is 36.4 Å².